The Morgan fingerprint density at radius 1 is 0.786 bits per heavy atom. The summed E-state index contributed by atoms with van der Waals surface area (Å²) in [5.74, 6) is 1.71. The maximum Gasteiger partial charge on any atom is 0.261 e. The molecule has 0 aliphatic carbocycles. The second-order valence-electron chi connectivity index (χ2n) is 6.53. The molecule has 4 aromatic rings. The molecule has 0 fully saturated rings. The molecular formula is C20H16N4O4. The lowest BCUT2D eigenvalue weighted by molar-refractivity contribution is 0.355. The van der Waals surface area contributed by atoms with Crippen molar-refractivity contribution in [1.82, 2.24) is 19.1 Å². The van der Waals surface area contributed by atoms with E-state index in [2.05, 4.69) is 9.97 Å². The largest absolute Gasteiger partial charge is 0.493 e. The van der Waals surface area contributed by atoms with Crippen LogP contribution in [-0.2, 0) is 13.1 Å². The molecule has 3 heterocycles. The van der Waals surface area contributed by atoms with E-state index in [4.69, 9.17) is 9.47 Å². The van der Waals surface area contributed by atoms with Crippen molar-refractivity contribution >= 4 is 21.8 Å². The molecule has 5 rings (SSSR count). The lowest BCUT2D eigenvalue weighted by Gasteiger charge is -2.22. The van der Waals surface area contributed by atoms with Gasteiger partial charge in [-0.3, -0.25) is 18.7 Å². The van der Waals surface area contributed by atoms with E-state index in [1.807, 2.05) is 12.1 Å². The van der Waals surface area contributed by atoms with Crippen LogP contribution in [0, 0.1) is 0 Å². The van der Waals surface area contributed by atoms with Gasteiger partial charge in [-0.1, -0.05) is 12.1 Å². The van der Waals surface area contributed by atoms with Crippen LogP contribution in [0.4, 0.5) is 0 Å². The van der Waals surface area contributed by atoms with Gasteiger partial charge in [-0.15, -0.1) is 0 Å². The number of methoxy groups -OCH3 is 2. The van der Waals surface area contributed by atoms with E-state index in [0.29, 0.717) is 58.0 Å². The highest BCUT2D eigenvalue weighted by Gasteiger charge is 2.24. The Morgan fingerprint density at radius 2 is 1.36 bits per heavy atom. The number of nitrogens with zero attached hydrogens (tertiary/aromatic N) is 4. The van der Waals surface area contributed by atoms with Crippen LogP contribution < -0.4 is 20.6 Å². The number of para-hydroxylation sites is 1. The van der Waals surface area contributed by atoms with Crippen LogP contribution in [0.5, 0.6) is 11.5 Å². The van der Waals surface area contributed by atoms with E-state index in [0.717, 1.165) is 0 Å². The summed E-state index contributed by atoms with van der Waals surface area (Å²) >= 11 is 0. The van der Waals surface area contributed by atoms with Gasteiger partial charge in [-0.2, -0.15) is 0 Å². The van der Waals surface area contributed by atoms with E-state index in [1.165, 1.54) is 14.2 Å². The van der Waals surface area contributed by atoms with Gasteiger partial charge in [-0.25, -0.2) is 9.97 Å². The Bertz CT molecular complexity index is 1390. The first kappa shape index (κ1) is 16.5. The summed E-state index contributed by atoms with van der Waals surface area (Å²) in [5, 5.41) is 0.979. The Balaban J connectivity index is 1.87. The van der Waals surface area contributed by atoms with Crippen LogP contribution in [0.25, 0.3) is 33.5 Å². The minimum Gasteiger partial charge on any atom is -0.493 e. The third-order valence-electron chi connectivity index (χ3n) is 5.07. The third kappa shape index (κ3) is 2.17. The highest BCUT2D eigenvalue weighted by atomic mass is 16.5. The molecule has 8 nitrogen and oxygen atoms in total. The van der Waals surface area contributed by atoms with E-state index in [9.17, 15) is 9.59 Å². The predicted molar refractivity (Wildman–Crippen MR) is 104 cm³/mol. The van der Waals surface area contributed by atoms with Crippen molar-refractivity contribution < 1.29 is 9.47 Å². The molecular weight excluding hydrogens is 360 g/mol. The summed E-state index contributed by atoms with van der Waals surface area (Å²) in [4.78, 5) is 35.3. The van der Waals surface area contributed by atoms with Gasteiger partial charge in [0.1, 0.15) is 0 Å². The Labute approximate surface area is 158 Å². The Morgan fingerprint density at radius 3 is 2.04 bits per heavy atom. The normalized spacial score (nSPS) is 12.6. The van der Waals surface area contributed by atoms with E-state index in [1.54, 1.807) is 33.4 Å². The van der Waals surface area contributed by atoms with Crippen LogP contribution in [0.3, 0.4) is 0 Å². The second-order valence-corrected chi connectivity index (χ2v) is 6.53. The van der Waals surface area contributed by atoms with Crippen LogP contribution in [0.1, 0.15) is 0 Å². The van der Waals surface area contributed by atoms with Crippen LogP contribution in [-0.4, -0.2) is 33.3 Å². The number of benzene rings is 2. The molecule has 2 aromatic carbocycles. The number of hydrogen-bond donors (Lipinski definition) is 0. The van der Waals surface area contributed by atoms with E-state index >= 15 is 0 Å². The number of fused-ring (bicyclic) bond motifs is 5. The van der Waals surface area contributed by atoms with Gasteiger partial charge in [0.2, 0.25) is 0 Å². The molecule has 0 unspecified atom stereocenters. The van der Waals surface area contributed by atoms with Crippen molar-refractivity contribution in [2.24, 2.45) is 0 Å². The molecule has 2 aromatic heterocycles. The monoisotopic (exact) mass is 376 g/mol. The highest BCUT2D eigenvalue weighted by Crippen LogP contribution is 2.31. The lowest BCUT2D eigenvalue weighted by atomic mass is 10.2. The zero-order valence-electron chi connectivity index (χ0n) is 15.3. The predicted octanol–water partition coefficient (Wildman–Crippen LogP) is 1.80. The molecule has 28 heavy (non-hydrogen) atoms. The molecule has 0 radical (unpaired) electrons. The summed E-state index contributed by atoms with van der Waals surface area (Å²) in [6.07, 6.45) is 0. The van der Waals surface area contributed by atoms with Gasteiger partial charge in [-0.05, 0) is 18.2 Å². The summed E-state index contributed by atoms with van der Waals surface area (Å²) in [7, 11) is 3.04. The van der Waals surface area contributed by atoms with Gasteiger partial charge < -0.3 is 9.47 Å². The van der Waals surface area contributed by atoms with Crippen molar-refractivity contribution in [3.8, 4) is 23.1 Å². The second kappa shape index (κ2) is 5.91. The number of rotatable bonds is 2. The van der Waals surface area contributed by atoms with Crippen LogP contribution >= 0.6 is 0 Å². The Hall–Kier alpha value is -3.68. The average molecular weight is 376 g/mol. The van der Waals surface area contributed by atoms with Crippen molar-refractivity contribution in [2.75, 3.05) is 14.2 Å². The smallest absolute Gasteiger partial charge is 0.261 e. The van der Waals surface area contributed by atoms with Crippen molar-refractivity contribution in [3.05, 3.63) is 57.1 Å². The number of ether oxygens (including phenoxy) is 2. The van der Waals surface area contributed by atoms with E-state index in [-0.39, 0.29) is 11.1 Å². The van der Waals surface area contributed by atoms with Crippen molar-refractivity contribution in [1.29, 1.82) is 0 Å². The molecule has 0 spiro atoms. The van der Waals surface area contributed by atoms with Gasteiger partial charge >= 0.3 is 0 Å². The zero-order valence-corrected chi connectivity index (χ0v) is 15.3. The molecule has 0 N–H and O–H groups in total. The first-order chi connectivity index (χ1) is 13.6. The number of hydrogen-bond acceptors (Lipinski definition) is 6. The molecule has 0 bridgehead atoms. The fourth-order valence-electron chi connectivity index (χ4n) is 3.67. The SMILES string of the molecule is COc1cc2nc3n(c(=O)c2cc1OC)CCn1c-3nc2ccccc2c1=O. The molecule has 1 aliphatic heterocycles. The maximum absolute atomic E-state index is 13.1. The number of aromatic nitrogens is 4. The molecule has 8 heteroatoms. The van der Waals surface area contributed by atoms with Gasteiger partial charge in [0.05, 0.1) is 36.0 Å². The third-order valence-corrected chi connectivity index (χ3v) is 5.07. The molecule has 0 saturated carbocycles. The lowest BCUT2D eigenvalue weighted by Crippen LogP contribution is -2.35. The fraction of sp³-hybridized carbons (Fsp3) is 0.200. The Kier molecular flexibility index (Phi) is 3.48. The minimum absolute atomic E-state index is 0.131. The topological polar surface area (TPSA) is 88.2 Å². The minimum atomic E-state index is -0.199. The fourth-order valence-corrected chi connectivity index (χ4v) is 3.67. The molecule has 140 valence electrons. The van der Waals surface area contributed by atoms with Gasteiger partial charge in [0.25, 0.3) is 11.1 Å². The molecule has 0 saturated heterocycles. The first-order valence-corrected chi connectivity index (χ1v) is 8.79. The average Bonchev–Trinajstić information content (AvgIpc) is 2.73. The summed E-state index contributed by atoms with van der Waals surface area (Å²) < 4.78 is 13.8. The zero-order chi connectivity index (χ0) is 19.4. The maximum atomic E-state index is 13.1. The van der Waals surface area contributed by atoms with Gasteiger partial charge in [0, 0.05) is 19.2 Å². The quantitative estimate of drug-likeness (QED) is 0.530. The molecule has 0 amide bonds. The molecule has 1 aliphatic rings. The van der Waals surface area contributed by atoms with Crippen molar-refractivity contribution in [3.63, 3.8) is 0 Å². The van der Waals surface area contributed by atoms with Crippen LogP contribution in [0.2, 0.25) is 0 Å². The summed E-state index contributed by atoms with van der Waals surface area (Å²) in [6.45, 7) is 0.706. The molecule has 0 atom stereocenters. The highest BCUT2D eigenvalue weighted by molar-refractivity contribution is 5.84. The first-order valence-electron chi connectivity index (χ1n) is 8.79. The summed E-state index contributed by atoms with van der Waals surface area (Å²) in [5.41, 5.74) is 0.710. The standard InChI is InChI=1S/C20H16N4O4/c1-27-15-9-12-14(10-16(15)28-2)22-18-17-21-13-6-4-3-5-11(13)19(25)23(17)7-8-24(18)20(12)26/h3-6,9-10H,7-8H2,1-2H3. The van der Waals surface area contributed by atoms with Gasteiger partial charge in [0.15, 0.2) is 23.1 Å². The van der Waals surface area contributed by atoms with E-state index < -0.39 is 0 Å². The van der Waals surface area contributed by atoms with Crippen molar-refractivity contribution in [2.45, 2.75) is 13.1 Å². The van der Waals surface area contributed by atoms with Crippen LogP contribution in [0.15, 0.2) is 46.0 Å². The summed E-state index contributed by atoms with van der Waals surface area (Å²) in [6, 6.07) is 10.5.